The first-order valence-electron chi connectivity index (χ1n) is 17.4. The van der Waals surface area contributed by atoms with Gasteiger partial charge in [0.25, 0.3) is 0 Å². The zero-order chi connectivity index (χ0) is 29.1. The number of hydrogen-bond donors (Lipinski definition) is 0. The first kappa shape index (κ1) is 34.6. The van der Waals surface area contributed by atoms with E-state index in [-0.39, 0.29) is 0 Å². The monoisotopic (exact) mass is 551 g/mol. The lowest BCUT2D eigenvalue weighted by Gasteiger charge is -2.39. The van der Waals surface area contributed by atoms with Crippen LogP contribution in [-0.2, 0) is 13.1 Å². The molecule has 40 heavy (non-hydrogen) atoms. The summed E-state index contributed by atoms with van der Waals surface area (Å²) in [7, 11) is 0. The van der Waals surface area contributed by atoms with E-state index in [1.54, 1.807) is 0 Å². The van der Waals surface area contributed by atoms with Gasteiger partial charge in [-0.3, -0.25) is 0 Å². The molecule has 0 fully saturated rings. The zero-order valence-electron chi connectivity index (χ0n) is 27.7. The van der Waals surface area contributed by atoms with Crippen LogP contribution in [0.1, 0.15) is 130 Å². The van der Waals surface area contributed by atoms with E-state index in [4.69, 9.17) is 0 Å². The van der Waals surface area contributed by atoms with Gasteiger partial charge in [-0.05, 0) is 49.7 Å². The molecule has 0 bridgehead atoms. The van der Waals surface area contributed by atoms with Gasteiger partial charge in [-0.15, -0.1) is 0 Å². The summed E-state index contributed by atoms with van der Waals surface area (Å²) in [5, 5.41) is 0. The fourth-order valence-electron chi connectivity index (χ4n) is 6.49. The van der Waals surface area contributed by atoms with E-state index in [0.29, 0.717) is 0 Å². The summed E-state index contributed by atoms with van der Waals surface area (Å²) < 4.78 is 2.55. The Hall–Kier alpha value is -1.64. The van der Waals surface area contributed by atoms with E-state index < -0.39 is 0 Å². The van der Waals surface area contributed by atoms with Crippen LogP contribution in [0.15, 0.2) is 48.5 Å². The highest BCUT2D eigenvalue weighted by molar-refractivity contribution is 5.63. The quantitative estimate of drug-likeness (QED) is 0.121. The fourth-order valence-corrected chi connectivity index (χ4v) is 6.49. The number of benzene rings is 2. The van der Waals surface area contributed by atoms with Crippen molar-refractivity contribution in [2.45, 2.75) is 132 Å². The number of quaternary nitrogens is 2. The molecule has 0 aliphatic heterocycles. The average molecular weight is 551 g/mol. The van der Waals surface area contributed by atoms with Crippen molar-refractivity contribution in [1.29, 1.82) is 0 Å². The molecule has 2 heteroatoms. The van der Waals surface area contributed by atoms with Crippen molar-refractivity contribution in [3.05, 3.63) is 59.7 Å². The molecule has 0 heterocycles. The summed E-state index contributed by atoms with van der Waals surface area (Å²) >= 11 is 0. The summed E-state index contributed by atoms with van der Waals surface area (Å²) in [5.41, 5.74) is 5.72. The van der Waals surface area contributed by atoms with Gasteiger partial charge in [-0.25, -0.2) is 0 Å². The topological polar surface area (TPSA) is 0 Å². The highest BCUT2D eigenvalue weighted by atomic mass is 15.4. The smallest absolute Gasteiger partial charge is 0.104 e. The minimum atomic E-state index is 1.19. The lowest BCUT2D eigenvalue weighted by atomic mass is 10.0. The average Bonchev–Trinajstić information content (AvgIpc) is 2.99. The summed E-state index contributed by atoms with van der Waals surface area (Å²) in [5.74, 6) is 0. The van der Waals surface area contributed by atoms with E-state index in [9.17, 15) is 0 Å². The molecule has 0 atom stereocenters. The Bertz CT molecular complexity index is 764. The Kier molecular flexibility index (Phi) is 16.8. The highest BCUT2D eigenvalue weighted by Crippen LogP contribution is 2.26. The van der Waals surface area contributed by atoms with E-state index in [0.717, 1.165) is 0 Å². The Balaban J connectivity index is 2.18. The molecule has 2 nitrogen and oxygen atoms in total. The number of nitrogens with zero attached hydrogens (tertiary/aromatic N) is 2. The van der Waals surface area contributed by atoms with Crippen molar-refractivity contribution < 1.29 is 8.97 Å². The molecule has 0 spiro atoms. The molecule has 0 unspecified atom stereocenters. The Morgan fingerprint density at radius 3 is 0.775 bits per heavy atom. The molecular formula is C38H66N2+2. The van der Waals surface area contributed by atoms with E-state index in [2.05, 4.69) is 90.1 Å². The van der Waals surface area contributed by atoms with Gasteiger partial charge in [0.1, 0.15) is 13.1 Å². The van der Waals surface area contributed by atoms with Gasteiger partial charge in [0.05, 0.1) is 39.3 Å². The molecule has 0 aliphatic rings. The zero-order valence-corrected chi connectivity index (χ0v) is 27.7. The molecule has 0 radical (unpaired) electrons. The van der Waals surface area contributed by atoms with Gasteiger partial charge in [0.15, 0.2) is 0 Å². The summed E-state index contributed by atoms with van der Waals surface area (Å²) in [4.78, 5) is 0. The SMILES string of the molecule is CCCC[N+](CCCC)(CCCC)Cc1ccc(-c2ccc(C[N+](CCCC)(CCCC)CCCC)cc2)cc1. The van der Waals surface area contributed by atoms with Gasteiger partial charge in [-0.2, -0.15) is 0 Å². The maximum Gasteiger partial charge on any atom is 0.104 e. The summed E-state index contributed by atoms with van der Waals surface area (Å²) in [6.07, 6.45) is 15.8. The fraction of sp³-hybridized carbons (Fsp3) is 0.684. The van der Waals surface area contributed by atoms with Crippen LogP contribution in [0.4, 0.5) is 0 Å². The first-order valence-corrected chi connectivity index (χ1v) is 17.4. The normalized spacial score (nSPS) is 12.2. The Morgan fingerprint density at radius 2 is 0.575 bits per heavy atom. The van der Waals surface area contributed by atoms with Crippen LogP contribution < -0.4 is 0 Å². The molecule has 0 saturated heterocycles. The van der Waals surface area contributed by atoms with Crippen LogP contribution >= 0.6 is 0 Å². The van der Waals surface area contributed by atoms with Crippen molar-refractivity contribution in [3.63, 3.8) is 0 Å². The number of rotatable bonds is 23. The van der Waals surface area contributed by atoms with Gasteiger partial charge in [-0.1, -0.05) is 129 Å². The largest absolute Gasteiger partial charge is 0.320 e. The molecule has 0 aromatic heterocycles. The molecular weight excluding hydrogens is 484 g/mol. The second-order valence-corrected chi connectivity index (χ2v) is 12.9. The minimum absolute atomic E-state index is 1.19. The highest BCUT2D eigenvalue weighted by Gasteiger charge is 2.27. The molecule has 0 aliphatic carbocycles. The van der Waals surface area contributed by atoms with E-state index >= 15 is 0 Å². The molecule has 0 saturated carbocycles. The maximum atomic E-state index is 2.42. The number of unbranched alkanes of at least 4 members (excludes halogenated alkanes) is 6. The predicted molar refractivity (Wildman–Crippen MR) is 178 cm³/mol. The maximum absolute atomic E-state index is 2.42. The van der Waals surface area contributed by atoms with E-state index in [1.807, 2.05) is 0 Å². The third-order valence-electron chi connectivity index (χ3n) is 9.19. The predicted octanol–water partition coefficient (Wildman–Crippen LogP) is 10.8. The Morgan fingerprint density at radius 1 is 0.350 bits per heavy atom. The summed E-state index contributed by atoms with van der Waals surface area (Å²) in [6, 6.07) is 19.2. The molecule has 226 valence electrons. The third-order valence-corrected chi connectivity index (χ3v) is 9.19. The first-order chi connectivity index (χ1) is 19.5. The van der Waals surface area contributed by atoms with Gasteiger partial charge < -0.3 is 8.97 Å². The van der Waals surface area contributed by atoms with Crippen molar-refractivity contribution in [3.8, 4) is 11.1 Å². The minimum Gasteiger partial charge on any atom is -0.320 e. The van der Waals surface area contributed by atoms with Gasteiger partial charge in [0.2, 0.25) is 0 Å². The van der Waals surface area contributed by atoms with Crippen LogP contribution in [-0.4, -0.2) is 48.2 Å². The van der Waals surface area contributed by atoms with Crippen LogP contribution in [0.25, 0.3) is 11.1 Å². The molecule has 2 aromatic carbocycles. The molecule has 2 rings (SSSR count). The van der Waals surface area contributed by atoms with Crippen LogP contribution in [0.5, 0.6) is 0 Å². The van der Waals surface area contributed by atoms with Crippen molar-refractivity contribution in [2.24, 2.45) is 0 Å². The molecule has 0 N–H and O–H groups in total. The summed E-state index contributed by atoms with van der Waals surface area (Å²) in [6.45, 7) is 24.4. The van der Waals surface area contributed by atoms with Gasteiger partial charge in [0, 0.05) is 11.1 Å². The van der Waals surface area contributed by atoms with Crippen LogP contribution in [0.2, 0.25) is 0 Å². The van der Waals surface area contributed by atoms with E-state index in [1.165, 1.54) is 161 Å². The second kappa shape index (κ2) is 19.5. The molecule has 0 amide bonds. The lowest BCUT2D eigenvalue weighted by molar-refractivity contribution is -0.941. The van der Waals surface area contributed by atoms with Gasteiger partial charge >= 0.3 is 0 Å². The van der Waals surface area contributed by atoms with Crippen LogP contribution in [0.3, 0.4) is 0 Å². The van der Waals surface area contributed by atoms with Crippen molar-refractivity contribution in [2.75, 3.05) is 39.3 Å². The number of hydrogen-bond acceptors (Lipinski definition) is 0. The Labute approximate surface area is 250 Å². The molecule has 2 aromatic rings. The van der Waals surface area contributed by atoms with Crippen LogP contribution in [0, 0.1) is 0 Å². The van der Waals surface area contributed by atoms with Crippen molar-refractivity contribution >= 4 is 0 Å². The standard InChI is InChI=1S/C38H66N2/c1-7-13-27-39(28-14-8-2,29-15-9-3)33-35-19-23-37(24-20-35)38-25-21-36(22-26-38)34-40(30-16-10-4,31-17-11-5)32-18-12-6/h19-26H,7-18,27-34H2,1-6H3/q+2. The van der Waals surface area contributed by atoms with Crippen molar-refractivity contribution in [1.82, 2.24) is 0 Å². The second-order valence-electron chi connectivity index (χ2n) is 12.9. The third kappa shape index (κ3) is 11.7. The lowest BCUT2D eigenvalue weighted by Crippen LogP contribution is -2.49.